The standard InChI is InChI=1S/C16H27N3/c1-5-6-12-17-15(3)18-14(2)13-19(4)16-10-8-7-9-11-16/h7-11,14H,5-6,12-13H2,1-4H3,(H,17,18). The molecule has 1 unspecified atom stereocenters. The van der Waals surface area contributed by atoms with Gasteiger partial charge < -0.3 is 10.2 Å². The molecule has 106 valence electrons. The number of nitrogens with zero attached hydrogens (tertiary/aromatic N) is 2. The summed E-state index contributed by atoms with van der Waals surface area (Å²) >= 11 is 0. The minimum atomic E-state index is 0.291. The molecule has 19 heavy (non-hydrogen) atoms. The molecule has 3 nitrogen and oxygen atoms in total. The molecule has 1 rings (SSSR count). The molecule has 1 atom stereocenters. The van der Waals surface area contributed by atoms with E-state index >= 15 is 0 Å². The maximum atomic E-state index is 4.68. The molecule has 0 fully saturated rings. The average molecular weight is 261 g/mol. The van der Waals surface area contributed by atoms with Gasteiger partial charge in [0.05, 0.1) is 11.9 Å². The number of nitrogens with one attached hydrogen (secondary N) is 1. The van der Waals surface area contributed by atoms with E-state index in [-0.39, 0.29) is 0 Å². The Morgan fingerprint density at radius 1 is 1.32 bits per heavy atom. The molecule has 0 aliphatic heterocycles. The van der Waals surface area contributed by atoms with Crippen molar-refractivity contribution < 1.29 is 0 Å². The lowest BCUT2D eigenvalue weighted by Crippen LogP contribution is -2.29. The van der Waals surface area contributed by atoms with Crippen molar-refractivity contribution in [3.63, 3.8) is 0 Å². The van der Waals surface area contributed by atoms with Gasteiger partial charge in [-0.2, -0.15) is 0 Å². The van der Waals surface area contributed by atoms with Crippen LogP contribution >= 0.6 is 0 Å². The Balaban J connectivity index is 2.41. The van der Waals surface area contributed by atoms with E-state index in [2.05, 4.69) is 67.3 Å². The highest BCUT2D eigenvalue weighted by Crippen LogP contribution is 2.11. The molecule has 0 saturated heterocycles. The predicted octanol–water partition coefficient (Wildman–Crippen LogP) is 3.32. The largest absolute Gasteiger partial charge is 0.374 e. The third-order valence-corrected chi connectivity index (χ3v) is 3.06. The second kappa shape index (κ2) is 8.57. The zero-order valence-corrected chi connectivity index (χ0v) is 12.7. The van der Waals surface area contributed by atoms with E-state index in [9.17, 15) is 0 Å². The first-order chi connectivity index (χ1) is 9.13. The highest BCUT2D eigenvalue weighted by Gasteiger charge is 2.05. The molecular weight excluding hydrogens is 234 g/mol. The van der Waals surface area contributed by atoms with Crippen LogP contribution in [0.25, 0.3) is 0 Å². The third kappa shape index (κ3) is 6.27. The van der Waals surface area contributed by atoms with E-state index in [1.807, 2.05) is 6.07 Å². The number of para-hydroxylation sites is 1. The maximum absolute atomic E-state index is 4.68. The Labute approximate surface area is 117 Å². The fourth-order valence-corrected chi connectivity index (χ4v) is 2.05. The van der Waals surface area contributed by atoms with Crippen LogP contribution in [0.1, 0.15) is 33.6 Å². The highest BCUT2D eigenvalue weighted by atomic mass is 15.1. The van der Waals surface area contributed by atoms with Crippen molar-refractivity contribution in [3.8, 4) is 0 Å². The van der Waals surface area contributed by atoms with Gasteiger partial charge >= 0.3 is 0 Å². The zero-order chi connectivity index (χ0) is 14.1. The molecule has 0 amide bonds. The topological polar surface area (TPSA) is 27.6 Å². The number of rotatable bonds is 7. The second-order valence-corrected chi connectivity index (χ2v) is 5.06. The molecular formula is C16H27N3. The van der Waals surface area contributed by atoms with Crippen LogP contribution in [0, 0.1) is 0 Å². The van der Waals surface area contributed by atoms with Crippen molar-refractivity contribution in [2.45, 2.75) is 39.7 Å². The molecule has 0 radical (unpaired) electrons. The van der Waals surface area contributed by atoms with Crippen molar-refractivity contribution in [2.75, 3.05) is 25.0 Å². The monoisotopic (exact) mass is 261 g/mol. The fraction of sp³-hybridized carbons (Fsp3) is 0.562. The zero-order valence-electron chi connectivity index (χ0n) is 12.7. The van der Waals surface area contributed by atoms with Gasteiger partial charge in [0.2, 0.25) is 0 Å². The van der Waals surface area contributed by atoms with Crippen LogP contribution in [-0.2, 0) is 0 Å². The lowest BCUT2D eigenvalue weighted by molar-refractivity contribution is 0.702. The normalized spacial score (nSPS) is 13.2. The van der Waals surface area contributed by atoms with E-state index in [0.29, 0.717) is 6.04 Å². The van der Waals surface area contributed by atoms with E-state index in [4.69, 9.17) is 0 Å². The van der Waals surface area contributed by atoms with Crippen LogP contribution in [0.3, 0.4) is 0 Å². The Kier molecular flexibility index (Phi) is 7.01. The maximum Gasteiger partial charge on any atom is 0.0935 e. The minimum Gasteiger partial charge on any atom is -0.374 e. The van der Waals surface area contributed by atoms with E-state index in [1.165, 1.54) is 18.5 Å². The first-order valence-electron chi connectivity index (χ1n) is 7.18. The van der Waals surface area contributed by atoms with E-state index < -0.39 is 0 Å². The van der Waals surface area contributed by atoms with Crippen molar-refractivity contribution in [1.29, 1.82) is 0 Å². The van der Waals surface area contributed by atoms with Gasteiger partial charge in [0.25, 0.3) is 0 Å². The van der Waals surface area contributed by atoms with Gasteiger partial charge in [0, 0.05) is 25.8 Å². The number of likely N-dealkylation sites (N-methyl/N-ethyl adjacent to an activating group) is 1. The van der Waals surface area contributed by atoms with Crippen molar-refractivity contribution in [2.24, 2.45) is 4.99 Å². The van der Waals surface area contributed by atoms with Crippen LogP contribution in [0.15, 0.2) is 35.3 Å². The number of unbranched alkanes of at least 4 members (excludes halogenated alkanes) is 1. The predicted molar refractivity (Wildman–Crippen MR) is 85.2 cm³/mol. The summed E-state index contributed by atoms with van der Waals surface area (Å²) in [5.41, 5.74) is 1.24. The van der Waals surface area contributed by atoms with Gasteiger partial charge in [0.15, 0.2) is 0 Å². The van der Waals surface area contributed by atoms with Crippen molar-refractivity contribution in [1.82, 2.24) is 5.32 Å². The van der Waals surface area contributed by atoms with Gasteiger partial charge in [0.1, 0.15) is 0 Å². The summed E-state index contributed by atoms with van der Waals surface area (Å²) in [6, 6.07) is 10.7. The Hall–Kier alpha value is -1.51. The van der Waals surface area contributed by atoms with Crippen LogP contribution in [0.4, 0.5) is 5.69 Å². The number of amidine groups is 1. The van der Waals surface area contributed by atoms with Crippen LogP contribution in [0.2, 0.25) is 0 Å². The molecule has 1 N–H and O–H groups in total. The summed E-state index contributed by atoms with van der Waals surface area (Å²) in [6.45, 7) is 8.36. The van der Waals surface area contributed by atoms with Crippen LogP contribution < -0.4 is 10.2 Å². The lowest BCUT2D eigenvalue weighted by Gasteiger charge is -2.22. The summed E-state index contributed by atoms with van der Waals surface area (Å²) in [6.07, 6.45) is 2.41. The van der Waals surface area contributed by atoms with Gasteiger partial charge in [-0.1, -0.05) is 31.5 Å². The molecule has 0 spiro atoms. The summed E-state index contributed by atoms with van der Waals surface area (Å²) in [5, 5.41) is 3.36. The molecule has 3 heteroatoms. The second-order valence-electron chi connectivity index (χ2n) is 5.06. The first-order valence-corrected chi connectivity index (χ1v) is 7.18. The van der Waals surface area contributed by atoms with Crippen molar-refractivity contribution >= 4 is 11.5 Å². The quantitative estimate of drug-likeness (QED) is 0.463. The molecule has 0 heterocycles. The van der Waals surface area contributed by atoms with Crippen LogP contribution in [-0.4, -0.2) is 32.0 Å². The summed E-state index contributed by atoms with van der Waals surface area (Å²) in [7, 11) is 2.11. The van der Waals surface area contributed by atoms with Gasteiger partial charge in [-0.3, -0.25) is 4.99 Å². The molecule has 0 bridgehead atoms. The van der Waals surface area contributed by atoms with E-state index in [1.54, 1.807) is 0 Å². The summed E-state index contributed by atoms with van der Waals surface area (Å²) in [4.78, 5) is 6.92. The Bertz CT molecular complexity index is 373. The van der Waals surface area contributed by atoms with Crippen LogP contribution in [0.5, 0.6) is 0 Å². The summed E-state index contributed by atoms with van der Waals surface area (Å²) < 4.78 is 0. The lowest BCUT2D eigenvalue weighted by atomic mass is 10.2. The minimum absolute atomic E-state index is 0.291. The Morgan fingerprint density at radius 3 is 2.63 bits per heavy atom. The summed E-state index contributed by atoms with van der Waals surface area (Å²) in [5.74, 6) is 1.04. The average Bonchev–Trinajstić information content (AvgIpc) is 2.39. The van der Waals surface area contributed by atoms with Gasteiger partial charge in [-0.15, -0.1) is 0 Å². The fourth-order valence-electron chi connectivity index (χ4n) is 2.05. The number of aliphatic imine (C=N–C) groups is 1. The molecule has 0 aliphatic rings. The van der Waals surface area contributed by atoms with E-state index in [0.717, 1.165) is 18.9 Å². The smallest absolute Gasteiger partial charge is 0.0935 e. The van der Waals surface area contributed by atoms with Crippen molar-refractivity contribution in [3.05, 3.63) is 30.3 Å². The number of hydrogen-bond acceptors (Lipinski definition) is 2. The number of anilines is 1. The highest BCUT2D eigenvalue weighted by molar-refractivity contribution is 5.79. The molecule has 1 aromatic rings. The van der Waals surface area contributed by atoms with Gasteiger partial charge in [-0.05, 0) is 32.4 Å². The first kappa shape index (κ1) is 15.5. The number of hydrogen-bond donors (Lipinski definition) is 1. The molecule has 0 aromatic heterocycles. The Morgan fingerprint density at radius 2 is 2.00 bits per heavy atom. The van der Waals surface area contributed by atoms with Gasteiger partial charge in [-0.25, -0.2) is 0 Å². The molecule has 0 saturated carbocycles. The SMILES string of the molecule is CCCCN/C(C)=N/C(C)CN(C)c1ccccc1. The molecule has 0 aliphatic carbocycles. The molecule has 1 aromatic carbocycles. The number of benzene rings is 1. The third-order valence-electron chi connectivity index (χ3n) is 3.06.